The molecule has 0 atom stereocenters. The predicted octanol–water partition coefficient (Wildman–Crippen LogP) is 6.92. The van der Waals surface area contributed by atoms with E-state index in [0.29, 0.717) is 21.8 Å². The Morgan fingerprint density at radius 1 is 0.800 bits per heavy atom. The molecule has 4 aromatic carbocycles. The first-order valence-corrected chi connectivity index (χ1v) is 12.8. The lowest BCUT2D eigenvalue weighted by Gasteiger charge is -2.26. The number of anilines is 1. The number of benzene rings is 4. The summed E-state index contributed by atoms with van der Waals surface area (Å²) in [4.78, 5) is 14.2. The van der Waals surface area contributed by atoms with Gasteiger partial charge in [-0.1, -0.05) is 84.4 Å². The van der Waals surface area contributed by atoms with E-state index in [9.17, 15) is 13.2 Å². The topological polar surface area (TPSA) is 54.5 Å². The number of hydrogen-bond donors (Lipinski definition) is 0. The molecule has 6 heteroatoms. The Kier molecular flexibility index (Phi) is 7.20. The summed E-state index contributed by atoms with van der Waals surface area (Å²) in [7, 11) is -4.27. The van der Waals surface area contributed by atoms with Gasteiger partial charge in [0, 0.05) is 10.6 Å². The van der Waals surface area contributed by atoms with Crippen LogP contribution in [0.15, 0.2) is 108 Å². The van der Waals surface area contributed by atoms with Gasteiger partial charge in [-0.15, -0.1) is 0 Å². The van der Waals surface area contributed by atoms with Crippen LogP contribution in [0.1, 0.15) is 22.3 Å². The third-order valence-electron chi connectivity index (χ3n) is 5.55. The van der Waals surface area contributed by atoms with E-state index in [1.807, 2.05) is 67.6 Å². The summed E-state index contributed by atoms with van der Waals surface area (Å²) in [6, 6.07) is 29.6. The van der Waals surface area contributed by atoms with Gasteiger partial charge in [0.15, 0.2) is 0 Å². The molecule has 0 aromatic heterocycles. The normalized spacial score (nSPS) is 11.8. The summed E-state index contributed by atoms with van der Waals surface area (Å²) in [5.74, 6) is -0.649. The van der Waals surface area contributed by atoms with E-state index in [1.165, 1.54) is 24.3 Å². The zero-order valence-electron chi connectivity index (χ0n) is 19.4. The van der Waals surface area contributed by atoms with Crippen LogP contribution in [0.5, 0.6) is 0 Å². The molecule has 0 heterocycles. The van der Waals surface area contributed by atoms with Gasteiger partial charge in [0.05, 0.1) is 10.6 Å². The third-order valence-corrected chi connectivity index (χ3v) is 7.51. The second kappa shape index (κ2) is 10.3. The Bertz CT molecular complexity index is 1480. The highest BCUT2D eigenvalue weighted by Gasteiger charge is 2.34. The second-order valence-corrected chi connectivity index (χ2v) is 10.4. The Balaban J connectivity index is 1.97. The molecule has 176 valence electrons. The van der Waals surface area contributed by atoms with Crippen molar-refractivity contribution in [2.75, 3.05) is 4.31 Å². The fourth-order valence-electron chi connectivity index (χ4n) is 3.71. The van der Waals surface area contributed by atoms with E-state index < -0.39 is 15.9 Å². The SMILES string of the molecule is Cc1ccc(C)c(N(C(=O)/C(=C/c2ccccc2)c2ccccc2)S(=O)(=O)c2ccc(Cl)cc2)c1. The zero-order valence-corrected chi connectivity index (χ0v) is 20.9. The number of hydrogen-bond acceptors (Lipinski definition) is 3. The summed E-state index contributed by atoms with van der Waals surface area (Å²) in [5.41, 5.74) is 3.46. The average molecular weight is 502 g/mol. The lowest BCUT2D eigenvalue weighted by atomic mass is 10.0. The molecule has 4 rings (SSSR count). The van der Waals surface area contributed by atoms with E-state index in [4.69, 9.17) is 11.6 Å². The van der Waals surface area contributed by atoms with Gasteiger partial charge < -0.3 is 0 Å². The van der Waals surface area contributed by atoms with Crippen LogP contribution < -0.4 is 4.31 Å². The van der Waals surface area contributed by atoms with Crippen LogP contribution in [0, 0.1) is 13.8 Å². The molecule has 0 fully saturated rings. The predicted molar refractivity (Wildman–Crippen MR) is 143 cm³/mol. The Hall–Kier alpha value is -3.67. The van der Waals surface area contributed by atoms with Crippen LogP contribution in [0.25, 0.3) is 11.6 Å². The van der Waals surface area contributed by atoms with Crippen molar-refractivity contribution in [3.05, 3.63) is 130 Å². The number of amides is 1. The molecular formula is C29H24ClNO3S. The number of halogens is 1. The Labute approximate surface area is 211 Å². The monoisotopic (exact) mass is 501 g/mol. The molecule has 0 spiro atoms. The molecule has 0 aliphatic carbocycles. The van der Waals surface area contributed by atoms with Gasteiger partial charge >= 0.3 is 0 Å². The Morgan fingerprint density at radius 3 is 2.03 bits per heavy atom. The fraction of sp³-hybridized carbons (Fsp3) is 0.0690. The van der Waals surface area contributed by atoms with E-state index in [2.05, 4.69) is 0 Å². The van der Waals surface area contributed by atoms with Crippen LogP contribution in [0.2, 0.25) is 5.02 Å². The average Bonchev–Trinajstić information content (AvgIpc) is 2.86. The van der Waals surface area contributed by atoms with Crippen molar-refractivity contribution in [1.82, 2.24) is 0 Å². The number of carbonyl (C=O) groups excluding carboxylic acids is 1. The summed E-state index contributed by atoms with van der Waals surface area (Å²) in [6.45, 7) is 3.65. The largest absolute Gasteiger partial charge is 0.272 e. The van der Waals surface area contributed by atoms with Gasteiger partial charge in [-0.2, -0.15) is 4.31 Å². The number of rotatable bonds is 6. The Morgan fingerprint density at radius 2 is 1.40 bits per heavy atom. The van der Waals surface area contributed by atoms with Crippen molar-refractivity contribution in [1.29, 1.82) is 0 Å². The summed E-state index contributed by atoms with van der Waals surface area (Å²) < 4.78 is 28.8. The number of aryl methyl sites for hydroxylation is 2. The van der Waals surface area contributed by atoms with Gasteiger partial charge in [-0.05, 0) is 72.5 Å². The first kappa shape index (κ1) is 24.5. The van der Waals surface area contributed by atoms with Crippen LogP contribution >= 0.6 is 11.6 Å². The quantitative estimate of drug-likeness (QED) is 0.213. The molecule has 0 saturated heterocycles. The van der Waals surface area contributed by atoms with Crippen molar-refractivity contribution in [3.8, 4) is 0 Å². The molecular weight excluding hydrogens is 478 g/mol. The molecule has 4 aromatic rings. The van der Waals surface area contributed by atoms with E-state index in [0.717, 1.165) is 15.4 Å². The highest BCUT2D eigenvalue weighted by Crippen LogP contribution is 2.33. The lowest BCUT2D eigenvalue weighted by molar-refractivity contribution is -0.112. The molecule has 35 heavy (non-hydrogen) atoms. The minimum absolute atomic E-state index is 0.0247. The lowest BCUT2D eigenvalue weighted by Crippen LogP contribution is -2.38. The van der Waals surface area contributed by atoms with E-state index in [1.54, 1.807) is 31.2 Å². The van der Waals surface area contributed by atoms with E-state index in [-0.39, 0.29) is 10.5 Å². The highest BCUT2D eigenvalue weighted by molar-refractivity contribution is 7.93. The van der Waals surface area contributed by atoms with Gasteiger partial charge in [0.2, 0.25) is 0 Å². The second-order valence-electron chi connectivity index (χ2n) is 8.15. The first-order chi connectivity index (χ1) is 16.8. The maximum atomic E-state index is 14.3. The molecule has 0 bridgehead atoms. The molecule has 1 amide bonds. The van der Waals surface area contributed by atoms with Gasteiger partial charge in [0.25, 0.3) is 15.9 Å². The van der Waals surface area contributed by atoms with Crippen LogP contribution in [0.3, 0.4) is 0 Å². The first-order valence-electron chi connectivity index (χ1n) is 11.0. The highest BCUT2D eigenvalue weighted by atomic mass is 35.5. The molecule has 0 aliphatic heterocycles. The molecule has 0 saturated carbocycles. The standard InChI is InChI=1S/C29H24ClNO3S/c1-21-13-14-22(2)28(19-21)31(35(33,34)26-17-15-25(30)16-18-26)29(32)27(24-11-7-4-8-12-24)20-23-9-5-3-6-10-23/h3-20H,1-2H3/b27-20+. The van der Waals surface area contributed by atoms with Crippen molar-refractivity contribution in [2.45, 2.75) is 18.7 Å². The van der Waals surface area contributed by atoms with Crippen molar-refractivity contribution < 1.29 is 13.2 Å². The third kappa shape index (κ3) is 5.37. The number of nitrogens with zero attached hydrogens (tertiary/aromatic N) is 1. The molecule has 0 aliphatic rings. The summed E-state index contributed by atoms with van der Waals surface area (Å²) >= 11 is 6.00. The van der Waals surface area contributed by atoms with Gasteiger partial charge in [-0.25, -0.2) is 8.42 Å². The smallest absolute Gasteiger partial charge is 0.268 e. The van der Waals surface area contributed by atoms with Gasteiger partial charge in [0.1, 0.15) is 0 Å². The van der Waals surface area contributed by atoms with Crippen LogP contribution in [-0.2, 0) is 14.8 Å². The van der Waals surface area contributed by atoms with Crippen LogP contribution in [0.4, 0.5) is 5.69 Å². The zero-order chi connectivity index (χ0) is 25.0. The van der Waals surface area contributed by atoms with Crippen molar-refractivity contribution in [2.24, 2.45) is 0 Å². The van der Waals surface area contributed by atoms with Crippen molar-refractivity contribution in [3.63, 3.8) is 0 Å². The summed E-state index contributed by atoms with van der Waals surface area (Å²) in [5, 5.41) is 0.405. The van der Waals surface area contributed by atoms with Crippen LogP contribution in [-0.4, -0.2) is 14.3 Å². The number of carbonyl (C=O) groups is 1. The molecule has 0 unspecified atom stereocenters. The molecule has 4 nitrogen and oxygen atoms in total. The number of sulfonamides is 1. The molecule has 0 N–H and O–H groups in total. The minimum Gasteiger partial charge on any atom is -0.268 e. The fourth-order valence-corrected chi connectivity index (χ4v) is 5.30. The maximum absolute atomic E-state index is 14.3. The maximum Gasteiger partial charge on any atom is 0.272 e. The minimum atomic E-state index is -4.27. The van der Waals surface area contributed by atoms with E-state index >= 15 is 0 Å². The van der Waals surface area contributed by atoms with Gasteiger partial charge in [-0.3, -0.25) is 4.79 Å². The molecule has 0 radical (unpaired) electrons. The summed E-state index contributed by atoms with van der Waals surface area (Å²) in [6.07, 6.45) is 1.72. The van der Waals surface area contributed by atoms with Crippen molar-refractivity contribution >= 4 is 44.9 Å².